The van der Waals surface area contributed by atoms with E-state index >= 15 is 0 Å². The van der Waals surface area contributed by atoms with Gasteiger partial charge in [-0.1, -0.05) is 24.3 Å². The van der Waals surface area contributed by atoms with Crippen molar-refractivity contribution in [2.45, 2.75) is 18.7 Å². The van der Waals surface area contributed by atoms with Gasteiger partial charge in [0.2, 0.25) is 0 Å². The van der Waals surface area contributed by atoms with Gasteiger partial charge in [0.1, 0.15) is 0 Å². The largest absolute Gasteiger partial charge is 0.295 e. The summed E-state index contributed by atoms with van der Waals surface area (Å²) in [5.41, 5.74) is 2.10. The number of hydrogen-bond donors (Lipinski definition) is 0. The Bertz CT molecular complexity index is 317. The van der Waals surface area contributed by atoms with E-state index in [1.807, 2.05) is 24.3 Å². The molecule has 0 N–H and O–H groups in total. The highest BCUT2D eigenvalue weighted by Gasteiger charge is 2.00. The summed E-state index contributed by atoms with van der Waals surface area (Å²) in [6, 6.07) is 7.70. The predicted octanol–water partition coefficient (Wildman–Crippen LogP) is 2.13. The molecule has 14 heavy (non-hydrogen) atoms. The molecule has 0 saturated heterocycles. The maximum atomic E-state index is 10.7. The van der Waals surface area contributed by atoms with E-state index in [1.54, 1.807) is 0 Å². The molecule has 74 valence electrons. The van der Waals surface area contributed by atoms with Gasteiger partial charge in [-0.3, -0.25) is 9.59 Å². The fourth-order valence-corrected chi connectivity index (χ4v) is 1.30. The SMILES string of the molecule is O=CC(=O)CCc1ccc(CCl)cc1. The number of hydrogen-bond acceptors (Lipinski definition) is 2. The molecule has 0 atom stereocenters. The molecule has 0 unspecified atom stereocenters. The van der Waals surface area contributed by atoms with Crippen LogP contribution in [0.15, 0.2) is 24.3 Å². The number of rotatable bonds is 5. The summed E-state index contributed by atoms with van der Waals surface area (Å²) in [6.07, 6.45) is 1.26. The first-order valence-electron chi connectivity index (χ1n) is 4.38. The van der Waals surface area contributed by atoms with Gasteiger partial charge in [-0.05, 0) is 17.5 Å². The molecular formula is C11H11ClO2. The zero-order chi connectivity index (χ0) is 10.4. The summed E-state index contributed by atoms with van der Waals surface area (Å²) in [7, 11) is 0. The Morgan fingerprint density at radius 3 is 2.29 bits per heavy atom. The van der Waals surface area contributed by atoms with Crippen LogP contribution in [0.4, 0.5) is 0 Å². The summed E-state index contributed by atoms with van der Waals surface area (Å²) in [6.45, 7) is 0. The van der Waals surface area contributed by atoms with Crippen LogP contribution in [-0.4, -0.2) is 12.1 Å². The van der Waals surface area contributed by atoms with Crippen molar-refractivity contribution in [1.29, 1.82) is 0 Å². The van der Waals surface area contributed by atoms with Crippen molar-refractivity contribution < 1.29 is 9.59 Å². The van der Waals surface area contributed by atoms with Gasteiger partial charge in [0.05, 0.1) is 0 Å². The second kappa shape index (κ2) is 5.55. The highest BCUT2D eigenvalue weighted by atomic mass is 35.5. The lowest BCUT2D eigenvalue weighted by molar-refractivity contribution is -0.129. The molecular weight excluding hydrogens is 200 g/mol. The van der Waals surface area contributed by atoms with Gasteiger partial charge in [0.15, 0.2) is 12.1 Å². The fraction of sp³-hybridized carbons (Fsp3) is 0.273. The maximum absolute atomic E-state index is 10.7. The Labute approximate surface area is 87.9 Å². The van der Waals surface area contributed by atoms with Crippen LogP contribution >= 0.6 is 11.6 Å². The molecule has 1 aromatic carbocycles. The van der Waals surface area contributed by atoms with Gasteiger partial charge in [0, 0.05) is 12.3 Å². The lowest BCUT2D eigenvalue weighted by Crippen LogP contribution is -2.00. The van der Waals surface area contributed by atoms with E-state index < -0.39 is 0 Å². The topological polar surface area (TPSA) is 34.1 Å². The molecule has 0 fully saturated rings. The Hall–Kier alpha value is -1.15. The van der Waals surface area contributed by atoms with Crippen LogP contribution in [0.1, 0.15) is 17.5 Å². The average molecular weight is 211 g/mol. The first-order chi connectivity index (χ1) is 6.76. The van der Waals surface area contributed by atoms with Gasteiger partial charge in [-0.15, -0.1) is 11.6 Å². The highest BCUT2D eigenvalue weighted by Crippen LogP contribution is 2.08. The molecule has 0 bridgehead atoms. The molecule has 0 saturated carbocycles. The number of ketones is 1. The quantitative estimate of drug-likeness (QED) is 0.424. The van der Waals surface area contributed by atoms with Crippen LogP contribution in [0.5, 0.6) is 0 Å². The van der Waals surface area contributed by atoms with E-state index in [2.05, 4.69) is 0 Å². The van der Waals surface area contributed by atoms with Crippen molar-refractivity contribution in [2.75, 3.05) is 0 Å². The van der Waals surface area contributed by atoms with Crippen molar-refractivity contribution in [3.8, 4) is 0 Å². The van der Waals surface area contributed by atoms with Crippen molar-refractivity contribution in [3.05, 3.63) is 35.4 Å². The van der Waals surface area contributed by atoms with Crippen molar-refractivity contribution in [2.24, 2.45) is 0 Å². The first-order valence-corrected chi connectivity index (χ1v) is 4.91. The van der Waals surface area contributed by atoms with Crippen molar-refractivity contribution >= 4 is 23.7 Å². The number of aryl methyl sites for hydroxylation is 1. The molecule has 0 aromatic heterocycles. The zero-order valence-electron chi connectivity index (χ0n) is 7.70. The van der Waals surface area contributed by atoms with Gasteiger partial charge < -0.3 is 0 Å². The summed E-state index contributed by atoms with van der Waals surface area (Å²) in [5, 5.41) is 0. The number of alkyl halides is 1. The van der Waals surface area contributed by atoms with Gasteiger partial charge in [-0.25, -0.2) is 0 Å². The molecule has 0 aliphatic carbocycles. The summed E-state index contributed by atoms with van der Waals surface area (Å²) in [5.74, 6) is 0.138. The van der Waals surface area contributed by atoms with Crippen LogP contribution in [0, 0.1) is 0 Å². The molecule has 0 spiro atoms. The fourth-order valence-electron chi connectivity index (χ4n) is 1.12. The van der Waals surface area contributed by atoms with Crippen molar-refractivity contribution in [3.63, 3.8) is 0 Å². The third kappa shape index (κ3) is 3.30. The number of halogens is 1. The Balaban J connectivity index is 2.51. The molecule has 0 aliphatic heterocycles. The number of Topliss-reactive ketones (excluding diaryl/α,β-unsaturated/α-hetero) is 1. The molecule has 0 heterocycles. The normalized spacial score (nSPS) is 9.79. The smallest absolute Gasteiger partial charge is 0.195 e. The lowest BCUT2D eigenvalue weighted by atomic mass is 10.1. The van der Waals surface area contributed by atoms with E-state index in [0.29, 0.717) is 18.6 Å². The standard InChI is InChI=1S/C11H11ClO2/c12-7-10-3-1-9(2-4-10)5-6-11(14)8-13/h1-4,8H,5-7H2. The van der Waals surface area contributed by atoms with Crippen molar-refractivity contribution in [1.82, 2.24) is 0 Å². The number of aldehydes is 1. The molecule has 3 heteroatoms. The van der Waals surface area contributed by atoms with Crippen LogP contribution in [-0.2, 0) is 21.9 Å². The van der Waals surface area contributed by atoms with Gasteiger partial charge >= 0.3 is 0 Å². The number of benzene rings is 1. The minimum absolute atomic E-state index is 0.281. The molecule has 0 amide bonds. The third-order valence-corrected chi connectivity index (χ3v) is 2.28. The lowest BCUT2D eigenvalue weighted by Gasteiger charge is -1.99. The van der Waals surface area contributed by atoms with E-state index in [0.717, 1.165) is 11.1 Å². The highest BCUT2D eigenvalue weighted by molar-refractivity contribution is 6.24. The van der Waals surface area contributed by atoms with Crippen LogP contribution in [0.2, 0.25) is 0 Å². The van der Waals surface area contributed by atoms with Crippen LogP contribution in [0.25, 0.3) is 0 Å². The van der Waals surface area contributed by atoms with E-state index in [1.165, 1.54) is 0 Å². The Kier molecular flexibility index (Phi) is 4.33. The minimum Gasteiger partial charge on any atom is -0.295 e. The second-order valence-electron chi connectivity index (χ2n) is 3.03. The third-order valence-electron chi connectivity index (χ3n) is 1.97. The first kappa shape index (κ1) is 10.9. The van der Waals surface area contributed by atoms with E-state index in [-0.39, 0.29) is 12.2 Å². The Morgan fingerprint density at radius 2 is 1.79 bits per heavy atom. The van der Waals surface area contributed by atoms with Crippen LogP contribution in [0.3, 0.4) is 0 Å². The predicted molar refractivity (Wildman–Crippen MR) is 55.4 cm³/mol. The van der Waals surface area contributed by atoms with Gasteiger partial charge in [0.25, 0.3) is 0 Å². The van der Waals surface area contributed by atoms with E-state index in [4.69, 9.17) is 11.6 Å². The average Bonchev–Trinajstić information content (AvgIpc) is 2.26. The van der Waals surface area contributed by atoms with Gasteiger partial charge in [-0.2, -0.15) is 0 Å². The molecule has 1 rings (SSSR count). The summed E-state index contributed by atoms with van der Waals surface area (Å²) in [4.78, 5) is 20.8. The number of carbonyl (C=O) groups excluding carboxylic acids is 2. The van der Waals surface area contributed by atoms with Crippen LogP contribution < -0.4 is 0 Å². The molecule has 0 radical (unpaired) electrons. The molecule has 2 nitrogen and oxygen atoms in total. The number of carbonyl (C=O) groups is 2. The second-order valence-corrected chi connectivity index (χ2v) is 3.30. The van der Waals surface area contributed by atoms with E-state index in [9.17, 15) is 9.59 Å². The summed E-state index contributed by atoms with van der Waals surface area (Å²) >= 11 is 5.63. The zero-order valence-corrected chi connectivity index (χ0v) is 8.46. The monoisotopic (exact) mass is 210 g/mol. The minimum atomic E-state index is -0.355. The summed E-state index contributed by atoms with van der Waals surface area (Å²) < 4.78 is 0. The maximum Gasteiger partial charge on any atom is 0.195 e. The molecule has 0 aliphatic rings. The molecule has 1 aromatic rings. The Morgan fingerprint density at radius 1 is 1.21 bits per heavy atom.